The SMILES string of the molecule is O=C(C1=C(O)C(=O)N(CCCN2CCOCC2)C1c1ccco1)c1cccs1. The van der Waals surface area contributed by atoms with Gasteiger partial charge in [0, 0.05) is 26.2 Å². The highest BCUT2D eigenvalue weighted by Gasteiger charge is 2.45. The Labute approximate surface area is 166 Å². The predicted octanol–water partition coefficient (Wildman–Crippen LogP) is 2.64. The van der Waals surface area contributed by atoms with Crippen LogP contribution in [0.3, 0.4) is 0 Å². The van der Waals surface area contributed by atoms with Crippen LogP contribution in [-0.2, 0) is 9.53 Å². The van der Waals surface area contributed by atoms with Crippen molar-refractivity contribution in [2.24, 2.45) is 0 Å². The Balaban J connectivity index is 1.54. The lowest BCUT2D eigenvalue weighted by molar-refractivity contribution is -0.129. The van der Waals surface area contributed by atoms with E-state index in [-0.39, 0.29) is 11.4 Å². The van der Waals surface area contributed by atoms with Gasteiger partial charge in [-0.05, 0) is 30.0 Å². The molecule has 8 heteroatoms. The van der Waals surface area contributed by atoms with Crippen LogP contribution in [0.1, 0.15) is 27.9 Å². The van der Waals surface area contributed by atoms with E-state index < -0.39 is 17.7 Å². The fourth-order valence-electron chi connectivity index (χ4n) is 3.69. The van der Waals surface area contributed by atoms with Gasteiger partial charge in [0.15, 0.2) is 5.76 Å². The van der Waals surface area contributed by atoms with Gasteiger partial charge < -0.3 is 19.2 Å². The second kappa shape index (κ2) is 8.30. The molecule has 1 amide bonds. The lowest BCUT2D eigenvalue weighted by atomic mass is 10.00. The van der Waals surface area contributed by atoms with Crippen LogP contribution in [0.5, 0.6) is 0 Å². The molecule has 1 atom stereocenters. The number of ketones is 1. The number of aliphatic hydroxyl groups is 1. The Morgan fingerprint density at radius 3 is 2.71 bits per heavy atom. The van der Waals surface area contributed by atoms with Gasteiger partial charge in [0.05, 0.1) is 29.9 Å². The number of thiophene rings is 1. The van der Waals surface area contributed by atoms with Crippen molar-refractivity contribution in [2.45, 2.75) is 12.5 Å². The second-order valence-electron chi connectivity index (χ2n) is 6.79. The standard InChI is InChI=1S/C20H22N2O5S/c23-18(15-5-2-13-28-15)16-17(14-4-1-10-27-14)22(20(25)19(16)24)7-3-6-21-8-11-26-12-9-21/h1-2,4-5,10,13,17,24H,3,6-9,11-12H2. The Kier molecular flexibility index (Phi) is 5.61. The summed E-state index contributed by atoms with van der Waals surface area (Å²) in [4.78, 5) is 30.1. The molecule has 0 saturated carbocycles. The van der Waals surface area contributed by atoms with Crippen molar-refractivity contribution in [1.29, 1.82) is 0 Å². The lowest BCUT2D eigenvalue weighted by Crippen LogP contribution is -2.39. The summed E-state index contributed by atoms with van der Waals surface area (Å²) in [5.74, 6) is -0.865. The minimum atomic E-state index is -0.707. The second-order valence-corrected chi connectivity index (χ2v) is 7.74. The minimum Gasteiger partial charge on any atom is -0.503 e. The van der Waals surface area contributed by atoms with Gasteiger partial charge in [-0.1, -0.05) is 6.07 Å². The van der Waals surface area contributed by atoms with E-state index in [1.54, 1.807) is 29.6 Å². The molecular weight excluding hydrogens is 380 g/mol. The van der Waals surface area contributed by atoms with Crippen molar-refractivity contribution < 1.29 is 23.8 Å². The molecule has 1 unspecified atom stereocenters. The van der Waals surface area contributed by atoms with E-state index >= 15 is 0 Å². The molecule has 1 saturated heterocycles. The van der Waals surface area contributed by atoms with Crippen molar-refractivity contribution >= 4 is 23.0 Å². The van der Waals surface area contributed by atoms with Crippen LogP contribution in [0.2, 0.25) is 0 Å². The molecule has 2 aromatic rings. The van der Waals surface area contributed by atoms with Gasteiger partial charge in [0.2, 0.25) is 5.78 Å². The van der Waals surface area contributed by atoms with Crippen molar-refractivity contribution in [3.63, 3.8) is 0 Å². The zero-order chi connectivity index (χ0) is 19.5. The highest BCUT2D eigenvalue weighted by atomic mass is 32.1. The monoisotopic (exact) mass is 402 g/mol. The van der Waals surface area contributed by atoms with Crippen molar-refractivity contribution in [2.75, 3.05) is 39.4 Å². The van der Waals surface area contributed by atoms with Gasteiger partial charge in [-0.25, -0.2) is 0 Å². The summed E-state index contributed by atoms with van der Waals surface area (Å²) >= 11 is 1.28. The number of Topliss-reactive ketones (excluding diaryl/α,β-unsaturated/α-hetero) is 1. The molecule has 1 fully saturated rings. The highest BCUT2D eigenvalue weighted by molar-refractivity contribution is 7.12. The molecule has 1 N–H and O–H groups in total. The van der Waals surface area contributed by atoms with E-state index in [1.165, 1.54) is 22.5 Å². The van der Waals surface area contributed by atoms with Crippen LogP contribution in [0.4, 0.5) is 0 Å². The van der Waals surface area contributed by atoms with Gasteiger partial charge in [-0.15, -0.1) is 11.3 Å². The van der Waals surface area contributed by atoms with Gasteiger partial charge >= 0.3 is 0 Å². The quantitative estimate of drug-likeness (QED) is 0.717. The number of amides is 1. The maximum atomic E-state index is 13.0. The Morgan fingerprint density at radius 2 is 2.04 bits per heavy atom. The van der Waals surface area contributed by atoms with E-state index in [0.29, 0.717) is 17.2 Å². The van der Waals surface area contributed by atoms with Crippen LogP contribution in [-0.4, -0.2) is 66.0 Å². The van der Waals surface area contributed by atoms with Gasteiger partial charge in [0.25, 0.3) is 5.91 Å². The topological polar surface area (TPSA) is 83.2 Å². The summed E-state index contributed by atoms with van der Waals surface area (Å²) in [5, 5.41) is 12.3. The number of ether oxygens (including phenoxy) is 1. The Morgan fingerprint density at radius 1 is 1.21 bits per heavy atom. The minimum absolute atomic E-state index is 0.0915. The summed E-state index contributed by atoms with van der Waals surface area (Å²) in [5.41, 5.74) is 0.0915. The molecule has 148 valence electrons. The predicted molar refractivity (Wildman–Crippen MR) is 103 cm³/mol. The van der Waals surface area contributed by atoms with Crippen LogP contribution >= 0.6 is 11.3 Å². The van der Waals surface area contributed by atoms with E-state index in [1.807, 2.05) is 0 Å². The van der Waals surface area contributed by atoms with Crippen molar-refractivity contribution in [1.82, 2.24) is 9.80 Å². The van der Waals surface area contributed by atoms with Crippen molar-refractivity contribution in [3.05, 3.63) is 57.9 Å². The maximum absolute atomic E-state index is 13.0. The summed E-state index contributed by atoms with van der Waals surface area (Å²) < 4.78 is 10.9. The summed E-state index contributed by atoms with van der Waals surface area (Å²) in [6, 6.07) is 6.20. The number of hydrogen-bond donors (Lipinski definition) is 1. The third-order valence-electron chi connectivity index (χ3n) is 5.08. The first-order valence-corrected chi connectivity index (χ1v) is 10.2. The van der Waals surface area contributed by atoms with E-state index in [0.717, 1.165) is 39.3 Å². The number of morpholine rings is 1. The molecule has 4 heterocycles. The molecule has 2 aromatic heterocycles. The summed E-state index contributed by atoms with van der Waals surface area (Å²) in [6.07, 6.45) is 2.24. The number of aliphatic hydroxyl groups excluding tert-OH is 1. The van der Waals surface area contributed by atoms with Crippen LogP contribution in [0.15, 0.2) is 51.7 Å². The van der Waals surface area contributed by atoms with Crippen LogP contribution < -0.4 is 0 Å². The number of hydrogen-bond acceptors (Lipinski definition) is 7. The fraction of sp³-hybridized carbons (Fsp3) is 0.400. The first-order valence-electron chi connectivity index (χ1n) is 9.32. The van der Waals surface area contributed by atoms with Gasteiger partial charge in [-0.3, -0.25) is 14.5 Å². The molecule has 0 aliphatic carbocycles. The average molecular weight is 402 g/mol. The maximum Gasteiger partial charge on any atom is 0.290 e. The molecule has 0 radical (unpaired) electrons. The van der Waals surface area contributed by atoms with Crippen molar-refractivity contribution in [3.8, 4) is 0 Å². The summed E-state index contributed by atoms with van der Waals surface area (Å²) in [6.45, 7) is 4.45. The van der Waals surface area contributed by atoms with Crippen LogP contribution in [0, 0.1) is 0 Å². The first-order chi connectivity index (χ1) is 13.7. The molecule has 0 spiro atoms. The Hall–Kier alpha value is -2.42. The normalized spacial score (nSPS) is 20.9. The summed E-state index contributed by atoms with van der Waals surface area (Å²) in [7, 11) is 0. The molecular formula is C20H22N2O5S. The first kappa shape index (κ1) is 18.9. The molecule has 2 aliphatic rings. The zero-order valence-corrected chi connectivity index (χ0v) is 16.2. The molecule has 0 aromatic carbocycles. The number of nitrogens with zero attached hydrogens (tertiary/aromatic N) is 2. The largest absolute Gasteiger partial charge is 0.503 e. The molecule has 4 rings (SSSR count). The molecule has 7 nitrogen and oxygen atoms in total. The third kappa shape index (κ3) is 3.63. The van der Waals surface area contributed by atoms with E-state index in [2.05, 4.69) is 4.90 Å². The molecule has 0 bridgehead atoms. The molecule has 2 aliphatic heterocycles. The average Bonchev–Trinajstić information content (AvgIpc) is 3.46. The molecule has 28 heavy (non-hydrogen) atoms. The van der Waals surface area contributed by atoms with Gasteiger partial charge in [0.1, 0.15) is 11.8 Å². The number of rotatable bonds is 7. The number of carbonyl (C=O) groups excluding carboxylic acids is 2. The third-order valence-corrected chi connectivity index (χ3v) is 5.95. The fourth-order valence-corrected chi connectivity index (χ4v) is 4.37. The van der Waals surface area contributed by atoms with E-state index in [9.17, 15) is 14.7 Å². The Bertz CT molecular complexity index is 853. The lowest BCUT2D eigenvalue weighted by Gasteiger charge is -2.29. The number of carbonyl (C=O) groups is 2. The highest BCUT2D eigenvalue weighted by Crippen LogP contribution is 2.39. The number of furan rings is 1. The smallest absolute Gasteiger partial charge is 0.290 e. The van der Waals surface area contributed by atoms with E-state index in [4.69, 9.17) is 9.15 Å². The van der Waals surface area contributed by atoms with Gasteiger partial charge in [-0.2, -0.15) is 0 Å². The zero-order valence-electron chi connectivity index (χ0n) is 15.4. The van der Waals surface area contributed by atoms with Crippen LogP contribution in [0.25, 0.3) is 0 Å².